The van der Waals surface area contributed by atoms with E-state index in [1.54, 1.807) is 12.4 Å². The standard InChI is InChI=1S/C28H37N7O2/c1-2-10-34(11-3-1)20-21-18-31-28(32-19-21)33-22-4-6-24(7-5-22)37-26-17-23(35-12-14-36-15-13-35)16-25-27(26)30-9-8-29-25/h8-9,16-19,22,24H,1-7,10-15,20H2,(H,31,32,33)/t22-,24+. The van der Waals surface area contributed by atoms with Gasteiger partial charge < -0.3 is 19.7 Å². The van der Waals surface area contributed by atoms with Gasteiger partial charge in [-0.05, 0) is 57.7 Å². The predicted octanol–water partition coefficient (Wildman–Crippen LogP) is 4.04. The summed E-state index contributed by atoms with van der Waals surface area (Å²) >= 11 is 0. The molecule has 2 aromatic heterocycles. The van der Waals surface area contributed by atoms with Crippen LogP contribution in [-0.2, 0) is 11.3 Å². The molecule has 0 bridgehead atoms. The van der Waals surface area contributed by atoms with Crippen molar-refractivity contribution < 1.29 is 9.47 Å². The van der Waals surface area contributed by atoms with E-state index in [2.05, 4.69) is 47.2 Å². The van der Waals surface area contributed by atoms with E-state index in [0.29, 0.717) is 6.04 Å². The van der Waals surface area contributed by atoms with Crippen LogP contribution < -0.4 is 15.0 Å². The van der Waals surface area contributed by atoms with Gasteiger partial charge in [0.15, 0.2) is 0 Å². The Labute approximate surface area is 218 Å². The Morgan fingerprint density at radius 2 is 1.62 bits per heavy atom. The van der Waals surface area contributed by atoms with Gasteiger partial charge in [-0.1, -0.05) is 6.42 Å². The van der Waals surface area contributed by atoms with Gasteiger partial charge in [-0.2, -0.15) is 0 Å². The second-order valence-corrected chi connectivity index (χ2v) is 10.5. The lowest BCUT2D eigenvalue weighted by Crippen LogP contribution is -2.36. The highest BCUT2D eigenvalue weighted by atomic mass is 16.5. The summed E-state index contributed by atoms with van der Waals surface area (Å²) in [6.07, 6.45) is 15.6. The minimum atomic E-state index is 0.163. The maximum Gasteiger partial charge on any atom is 0.222 e. The molecule has 196 valence electrons. The fourth-order valence-corrected chi connectivity index (χ4v) is 5.70. The second-order valence-electron chi connectivity index (χ2n) is 10.5. The highest BCUT2D eigenvalue weighted by Crippen LogP contribution is 2.33. The summed E-state index contributed by atoms with van der Waals surface area (Å²) in [5.41, 5.74) is 4.03. The van der Waals surface area contributed by atoms with E-state index in [4.69, 9.17) is 9.47 Å². The van der Waals surface area contributed by atoms with Gasteiger partial charge in [-0.15, -0.1) is 0 Å². The van der Waals surface area contributed by atoms with Gasteiger partial charge in [-0.3, -0.25) is 9.88 Å². The highest BCUT2D eigenvalue weighted by molar-refractivity contribution is 5.85. The van der Waals surface area contributed by atoms with Crippen molar-refractivity contribution in [2.75, 3.05) is 49.6 Å². The molecule has 0 unspecified atom stereocenters. The fraction of sp³-hybridized carbons (Fsp3) is 0.571. The number of piperidine rings is 1. The first-order chi connectivity index (χ1) is 18.3. The van der Waals surface area contributed by atoms with E-state index in [1.165, 1.54) is 37.9 Å². The zero-order valence-corrected chi connectivity index (χ0v) is 21.5. The Kier molecular flexibility index (Phi) is 7.60. The van der Waals surface area contributed by atoms with Crippen LogP contribution in [0.5, 0.6) is 5.75 Å². The third kappa shape index (κ3) is 6.10. The molecule has 1 N–H and O–H groups in total. The predicted molar refractivity (Wildman–Crippen MR) is 144 cm³/mol. The molecule has 9 nitrogen and oxygen atoms in total. The maximum atomic E-state index is 6.56. The van der Waals surface area contributed by atoms with E-state index in [0.717, 1.165) is 86.9 Å². The molecule has 0 radical (unpaired) electrons. The minimum absolute atomic E-state index is 0.163. The third-order valence-corrected chi connectivity index (χ3v) is 7.76. The Morgan fingerprint density at radius 1 is 0.865 bits per heavy atom. The maximum absolute atomic E-state index is 6.56. The number of aromatic nitrogens is 4. The molecular weight excluding hydrogens is 466 g/mol. The minimum Gasteiger partial charge on any atom is -0.488 e. The van der Waals surface area contributed by atoms with E-state index in [1.807, 2.05) is 12.4 Å². The van der Waals surface area contributed by atoms with Crippen LogP contribution in [0.2, 0.25) is 0 Å². The van der Waals surface area contributed by atoms with E-state index in [-0.39, 0.29) is 6.10 Å². The Bertz CT molecular complexity index is 1150. The molecule has 1 aliphatic carbocycles. The number of nitrogens with one attached hydrogen (secondary N) is 1. The largest absolute Gasteiger partial charge is 0.488 e. The van der Waals surface area contributed by atoms with E-state index < -0.39 is 0 Å². The molecule has 2 saturated heterocycles. The number of fused-ring (bicyclic) bond motifs is 1. The van der Waals surface area contributed by atoms with Crippen molar-refractivity contribution in [2.45, 2.75) is 63.6 Å². The number of nitrogens with zero attached hydrogens (tertiary/aromatic N) is 6. The fourth-order valence-electron chi connectivity index (χ4n) is 5.70. The molecule has 3 fully saturated rings. The second kappa shape index (κ2) is 11.6. The number of hydrogen-bond acceptors (Lipinski definition) is 9. The van der Waals surface area contributed by atoms with Crippen LogP contribution in [0.4, 0.5) is 11.6 Å². The number of ether oxygens (including phenoxy) is 2. The third-order valence-electron chi connectivity index (χ3n) is 7.76. The van der Waals surface area contributed by atoms with Crippen molar-refractivity contribution in [3.8, 4) is 5.75 Å². The number of anilines is 2. The van der Waals surface area contributed by atoms with Crippen LogP contribution in [-0.4, -0.2) is 76.4 Å². The highest BCUT2D eigenvalue weighted by Gasteiger charge is 2.25. The molecule has 37 heavy (non-hydrogen) atoms. The van der Waals surface area contributed by atoms with Crippen molar-refractivity contribution in [3.63, 3.8) is 0 Å². The molecular formula is C28H37N7O2. The van der Waals surface area contributed by atoms with Crippen molar-refractivity contribution in [2.24, 2.45) is 0 Å². The first-order valence-corrected chi connectivity index (χ1v) is 13.8. The lowest BCUT2D eigenvalue weighted by atomic mass is 9.93. The molecule has 0 amide bonds. The van der Waals surface area contributed by atoms with Gasteiger partial charge in [-0.25, -0.2) is 15.0 Å². The summed E-state index contributed by atoms with van der Waals surface area (Å²) in [7, 11) is 0. The molecule has 1 saturated carbocycles. The topological polar surface area (TPSA) is 88.5 Å². The van der Waals surface area contributed by atoms with Gasteiger partial charge in [0.1, 0.15) is 11.3 Å². The summed E-state index contributed by atoms with van der Waals surface area (Å²) < 4.78 is 12.1. The molecule has 3 aliphatic rings. The summed E-state index contributed by atoms with van der Waals surface area (Å²) in [6.45, 7) is 6.57. The molecule has 0 spiro atoms. The average molecular weight is 504 g/mol. The number of benzene rings is 1. The molecule has 9 heteroatoms. The molecule has 6 rings (SSSR count). The Balaban J connectivity index is 1.05. The summed E-state index contributed by atoms with van der Waals surface area (Å²) in [5, 5.41) is 3.55. The van der Waals surface area contributed by atoms with Gasteiger partial charge in [0.2, 0.25) is 5.95 Å². The van der Waals surface area contributed by atoms with Crippen molar-refractivity contribution >= 4 is 22.7 Å². The zero-order valence-electron chi connectivity index (χ0n) is 21.5. The smallest absolute Gasteiger partial charge is 0.222 e. The number of likely N-dealkylation sites (tertiary alicyclic amines) is 1. The van der Waals surface area contributed by atoms with Crippen LogP contribution >= 0.6 is 0 Å². The van der Waals surface area contributed by atoms with E-state index in [9.17, 15) is 0 Å². The van der Waals surface area contributed by atoms with Crippen molar-refractivity contribution in [1.29, 1.82) is 0 Å². The normalized spacial score (nSPS) is 23.2. The van der Waals surface area contributed by atoms with Crippen molar-refractivity contribution in [1.82, 2.24) is 24.8 Å². The molecule has 0 atom stereocenters. The van der Waals surface area contributed by atoms with Crippen LogP contribution in [0.1, 0.15) is 50.5 Å². The molecule has 2 aliphatic heterocycles. The van der Waals surface area contributed by atoms with Gasteiger partial charge in [0.25, 0.3) is 0 Å². The number of hydrogen-bond donors (Lipinski definition) is 1. The Hall–Kier alpha value is -3.04. The zero-order chi connectivity index (χ0) is 24.9. The van der Waals surface area contributed by atoms with Crippen LogP contribution in [0.15, 0.2) is 36.9 Å². The van der Waals surface area contributed by atoms with Gasteiger partial charge in [0.05, 0.1) is 24.8 Å². The van der Waals surface area contributed by atoms with Crippen molar-refractivity contribution in [3.05, 3.63) is 42.5 Å². The van der Waals surface area contributed by atoms with Crippen LogP contribution in [0.25, 0.3) is 11.0 Å². The lowest BCUT2D eigenvalue weighted by Gasteiger charge is -2.31. The summed E-state index contributed by atoms with van der Waals surface area (Å²) in [6, 6.07) is 4.61. The number of morpholine rings is 1. The first kappa shape index (κ1) is 24.3. The summed E-state index contributed by atoms with van der Waals surface area (Å²) in [5.74, 6) is 1.56. The van der Waals surface area contributed by atoms with Crippen LogP contribution in [0, 0.1) is 0 Å². The lowest BCUT2D eigenvalue weighted by molar-refractivity contribution is 0.122. The monoisotopic (exact) mass is 503 g/mol. The molecule has 3 aromatic rings. The van der Waals surface area contributed by atoms with Crippen LogP contribution in [0.3, 0.4) is 0 Å². The van der Waals surface area contributed by atoms with E-state index >= 15 is 0 Å². The van der Waals surface area contributed by atoms with Gasteiger partial charge in [0, 0.05) is 67.8 Å². The molecule has 1 aromatic carbocycles. The summed E-state index contributed by atoms with van der Waals surface area (Å²) in [4.78, 5) is 23.2. The SMILES string of the molecule is c1cnc2c(O[C@H]3CC[C@@H](Nc4ncc(CN5CCCCC5)cn4)CC3)cc(N3CCOCC3)cc2n1. The Morgan fingerprint density at radius 3 is 2.41 bits per heavy atom. The quantitative estimate of drug-likeness (QED) is 0.513. The average Bonchev–Trinajstić information content (AvgIpc) is 2.96. The van der Waals surface area contributed by atoms with Gasteiger partial charge >= 0.3 is 0 Å². The first-order valence-electron chi connectivity index (χ1n) is 13.8. The molecule has 4 heterocycles. The number of rotatable bonds is 7.